The molecule has 4 aromatic rings. The van der Waals surface area contributed by atoms with Crippen molar-refractivity contribution in [3.8, 4) is 28.4 Å². The number of anilines is 2. The zero-order chi connectivity index (χ0) is 28.4. The number of amides is 2. The fourth-order valence-corrected chi connectivity index (χ4v) is 4.51. The third kappa shape index (κ3) is 6.13. The van der Waals surface area contributed by atoms with Gasteiger partial charge < -0.3 is 34.2 Å². The lowest BCUT2D eigenvalue weighted by Gasteiger charge is -2.27. The predicted molar refractivity (Wildman–Crippen MR) is 159 cm³/mol. The smallest absolute Gasteiger partial charge is 0.360 e. The van der Waals surface area contributed by atoms with Crippen LogP contribution in [0.1, 0.15) is 16.8 Å². The van der Waals surface area contributed by atoms with Crippen molar-refractivity contribution in [2.45, 2.75) is 12.5 Å². The number of methoxy groups -OCH3 is 2. The SMILES string of the molecule is COc1cccc(-c2cc(C(=O)Nc3cc4ccc5c(c4oc3=O)NC(=O)C(CCN(C)C)O5)ccc2OC)c1.Cl. The molecule has 0 saturated heterocycles. The van der Waals surface area contributed by atoms with Gasteiger partial charge in [0.1, 0.15) is 28.6 Å². The number of benzene rings is 3. The number of rotatable bonds is 8. The molecule has 1 aromatic heterocycles. The topological polar surface area (TPSA) is 119 Å². The van der Waals surface area contributed by atoms with E-state index in [0.29, 0.717) is 46.7 Å². The van der Waals surface area contributed by atoms with E-state index in [1.165, 1.54) is 6.07 Å². The van der Waals surface area contributed by atoms with E-state index in [4.69, 9.17) is 18.6 Å². The molecule has 0 spiro atoms. The van der Waals surface area contributed by atoms with Crippen LogP contribution in [0.4, 0.5) is 11.4 Å². The first kappa shape index (κ1) is 29.4. The lowest BCUT2D eigenvalue weighted by Crippen LogP contribution is -2.39. The van der Waals surface area contributed by atoms with Crippen molar-refractivity contribution in [3.63, 3.8) is 0 Å². The Morgan fingerprint density at radius 1 is 1.02 bits per heavy atom. The molecule has 41 heavy (non-hydrogen) atoms. The number of hydrogen-bond donors (Lipinski definition) is 2. The first-order chi connectivity index (χ1) is 19.3. The van der Waals surface area contributed by atoms with Crippen molar-refractivity contribution in [2.24, 2.45) is 0 Å². The summed E-state index contributed by atoms with van der Waals surface area (Å²) in [7, 11) is 6.97. The molecule has 1 atom stereocenters. The van der Waals surface area contributed by atoms with Crippen molar-refractivity contribution >= 4 is 46.6 Å². The lowest BCUT2D eigenvalue weighted by molar-refractivity contribution is -0.123. The Labute approximate surface area is 242 Å². The minimum Gasteiger partial charge on any atom is -0.497 e. The maximum Gasteiger partial charge on any atom is 0.360 e. The van der Waals surface area contributed by atoms with Crippen molar-refractivity contribution < 1.29 is 28.2 Å². The molecule has 0 saturated carbocycles. The Morgan fingerprint density at radius 3 is 2.56 bits per heavy atom. The van der Waals surface area contributed by atoms with Gasteiger partial charge in [-0.3, -0.25) is 9.59 Å². The van der Waals surface area contributed by atoms with Gasteiger partial charge in [0.15, 0.2) is 11.7 Å². The second-order valence-corrected chi connectivity index (χ2v) is 9.59. The summed E-state index contributed by atoms with van der Waals surface area (Å²) in [5.41, 5.74) is 1.46. The van der Waals surface area contributed by atoms with E-state index in [0.717, 1.165) is 5.56 Å². The summed E-state index contributed by atoms with van der Waals surface area (Å²) in [6.45, 7) is 0.675. The molecule has 0 radical (unpaired) electrons. The quantitative estimate of drug-likeness (QED) is 0.286. The molecule has 1 unspecified atom stereocenters. The summed E-state index contributed by atoms with van der Waals surface area (Å²) >= 11 is 0. The number of carbonyl (C=O) groups excluding carboxylic acids is 2. The summed E-state index contributed by atoms with van der Waals surface area (Å²) in [5, 5.41) is 5.96. The average molecular weight is 580 g/mol. The van der Waals surface area contributed by atoms with E-state index in [9.17, 15) is 14.4 Å². The molecule has 0 fully saturated rings. The van der Waals surface area contributed by atoms with E-state index >= 15 is 0 Å². The Bertz CT molecular complexity index is 1670. The van der Waals surface area contributed by atoms with Crippen LogP contribution in [0.3, 0.4) is 0 Å². The molecule has 1 aliphatic heterocycles. The van der Waals surface area contributed by atoms with Crippen molar-refractivity contribution in [2.75, 3.05) is 45.5 Å². The fourth-order valence-electron chi connectivity index (χ4n) is 4.51. The van der Waals surface area contributed by atoms with Gasteiger partial charge in [-0.2, -0.15) is 0 Å². The third-order valence-corrected chi connectivity index (χ3v) is 6.60. The molecule has 10 nitrogen and oxygen atoms in total. The van der Waals surface area contributed by atoms with Gasteiger partial charge in [-0.15, -0.1) is 12.4 Å². The van der Waals surface area contributed by atoms with E-state index in [2.05, 4.69) is 10.6 Å². The molecule has 11 heteroatoms. The highest BCUT2D eigenvalue weighted by atomic mass is 35.5. The standard InChI is InChI=1S/C30H29N3O7.ClH/c1-33(2)13-12-25-29(35)32-26-24(39-25)11-8-18-16-22(30(36)40-27(18)26)31-28(34)19-9-10-23(38-4)21(15-19)17-6-5-7-20(14-17)37-3;/h5-11,14-16,25H,12-13H2,1-4H3,(H,31,34)(H,32,35);1H. The van der Waals surface area contributed by atoms with Gasteiger partial charge in [0.2, 0.25) is 0 Å². The van der Waals surface area contributed by atoms with Gasteiger partial charge in [-0.05, 0) is 68.2 Å². The maximum atomic E-state index is 13.2. The Morgan fingerprint density at radius 2 is 1.83 bits per heavy atom. The Balaban J connectivity index is 0.00000387. The number of nitrogens with zero attached hydrogens (tertiary/aromatic N) is 1. The van der Waals surface area contributed by atoms with Crippen LogP contribution in [0.5, 0.6) is 17.2 Å². The van der Waals surface area contributed by atoms with Gasteiger partial charge >= 0.3 is 5.63 Å². The fraction of sp³-hybridized carbons (Fsp3) is 0.233. The number of halogens is 1. The Kier molecular flexibility index (Phi) is 8.85. The van der Waals surface area contributed by atoms with Gasteiger partial charge in [-0.1, -0.05) is 12.1 Å². The van der Waals surface area contributed by atoms with Crippen LogP contribution in [0, 0.1) is 0 Å². The van der Waals surface area contributed by atoms with Gasteiger partial charge in [-0.25, -0.2) is 4.79 Å². The number of fused-ring (bicyclic) bond motifs is 3. The molecule has 3 aromatic carbocycles. The summed E-state index contributed by atoms with van der Waals surface area (Å²) in [6.07, 6.45) is -0.139. The molecular formula is C30H30ClN3O7. The van der Waals surface area contributed by atoms with E-state index in [1.54, 1.807) is 44.6 Å². The molecule has 1 aliphatic rings. The van der Waals surface area contributed by atoms with Gasteiger partial charge in [0, 0.05) is 29.5 Å². The number of carbonyl (C=O) groups is 2. The van der Waals surface area contributed by atoms with Crippen LogP contribution >= 0.6 is 12.4 Å². The molecule has 0 aliphatic carbocycles. The first-order valence-corrected chi connectivity index (χ1v) is 12.6. The van der Waals surface area contributed by atoms with E-state index < -0.39 is 17.6 Å². The molecule has 2 N–H and O–H groups in total. The number of hydrogen-bond acceptors (Lipinski definition) is 8. The minimum atomic E-state index is -0.764. The highest BCUT2D eigenvalue weighted by Crippen LogP contribution is 2.37. The normalized spacial score (nSPS) is 14.0. The number of ether oxygens (including phenoxy) is 3. The maximum absolute atomic E-state index is 13.2. The minimum absolute atomic E-state index is 0. The third-order valence-electron chi connectivity index (χ3n) is 6.60. The monoisotopic (exact) mass is 579 g/mol. The van der Waals surface area contributed by atoms with Crippen LogP contribution in [0.25, 0.3) is 22.1 Å². The van der Waals surface area contributed by atoms with E-state index in [-0.39, 0.29) is 35.3 Å². The molecule has 214 valence electrons. The summed E-state index contributed by atoms with van der Waals surface area (Å²) < 4.78 is 22.3. The largest absolute Gasteiger partial charge is 0.497 e. The highest BCUT2D eigenvalue weighted by Gasteiger charge is 2.30. The summed E-state index contributed by atoms with van der Waals surface area (Å²) in [4.78, 5) is 40.7. The zero-order valence-electron chi connectivity index (χ0n) is 23.0. The molecule has 0 bridgehead atoms. The molecule has 2 heterocycles. The van der Waals surface area contributed by atoms with Gasteiger partial charge in [0.05, 0.1) is 14.2 Å². The van der Waals surface area contributed by atoms with Crippen molar-refractivity contribution in [1.82, 2.24) is 4.90 Å². The van der Waals surface area contributed by atoms with Gasteiger partial charge in [0.25, 0.3) is 11.8 Å². The second kappa shape index (κ2) is 12.3. The van der Waals surface area contributed by atoms with Crippen LogP contribution in [0.15, 0.2) is 69.9 Å². The van der Waals surface area contributed by atoms with Crippen LogP contribution in [-0.4, -0.2) is 57.7 Å². The van der Waals surface area contributed by atoms with Crippen LogP contribution in [0.2, 0.25) is 0 Å². The molecular weight excluding hydrogens is 550 g/mol. The lowest BCUT2D eigenvalue weighted by atomic mass is 10.0. The van der Waals surface area contributed by atoms with Crippen molar-refractivity contribution in [1.29, 1.82) is 0 Å². The molecule has 5 rings (SSSR count). The second-order valence-electron chi connectivity index (χ2n) is 9.59. The predicted octanol–water partition coefficient (Wildman–Crippen LogP) is 4.80. The molecule has 2 amide bonds. The van der Waals surface area contributed by atoms with E-state index in [1.807, 2.05) is 43.3 Å². The number of nitrogens with one attached hydrogen (secondary N) is 2. The average Bonchev–Trinajstić information content (AvgIpc) is 2.96. The summed E-state index contributed by atoms with van der Waals surface area (Å²) in [5.74, 6) is 0.841. The van der Waals surface area contributed by atoms with Crippen LogP contribution in [-0.2, 0) is 4.79 Å². The first-order valence-electron chi connectivity index (χ1n) is 12.6. The zero-order valence-corrected chi connectivity index (χ0v) is 23.8. The van der Waals surface area contributed by atoms with Crippen LogP contribution < -0.4 is 30.5 Å². The summed E-state index contributed by atoms with van der Waals surface area (Å²) in [6, 6.07) is 17.3. The highest BCUT2D eigenvalue weighted by molar-refractivity contribution is 6.08. The van der Waals surface area contributed by atoms with Crippen molar-refractivity contribution in [3.05, 3.63) is 76.6 Å². The Hall–Kier alpha value is -4.54.